The Hall–Kier alpha value is -9.57. The van der Waals surface area contributed by atoms with Crippen molar-refractivity contribution in [1.82, 2.24) is 0 Å². The molecule has 0 fully saturated rings. The SMILES string of the molecule is C[Si]1(C)c2ccccc2N(c2cc3c4c(c2)N(c2ccccc2)c2cc5c6c(c2B4c2c(cc4c7c2Oc2ccccc2B7c2ccccc2O4)N3c2ccccc2)Oc2ccccc2B6c2ccccc2O5)c2ccccc21. The predicted octanol–water partition coefficient (Wildman–Crippen LogP) is 9.83. The summed E-state index contributed by atoms with van der Waals surface area (Å²) in [5.74, 6) is 6.54. The lowest BCUT2D eigenvalue weighted by atomic mass is 9.29. The van der Waals surface area contributed by atoms with E-state index < -0.39 is 14.8 Å². The lowest BCUT2D eigenvalue weighted by molar-refractivity contribution is 0.466. The fourth-order valence-corrected chi connectivity index (χ4v) is 17.6. The van der Waals surface area contributed by atoms with Gasteiger partial charge in [-0.25, -0.2) is 0 Å². The van der Waals surface area contributed by atoms with Gasteiger partial charge >= 0.3 is 0 Å². The molecular weight excluding hydrogens is 983 g/mol. The fraction of sp³-hybridized carbons (Fsp3) is 0.0294. The number of hydrogen-bond acceptors (Lipinski definition) is 7. The van der Waals surface area contributed by atoms with E-state index in [-0.39, 0.29) is 13.4 Å². The lowest BCUT2D eigenvalue weighted by Gasteiger charge is -2.48. The Morgan fingerprint density at radius 3 is 1.05 bits per heavy atom. The van der Waals surface area contributed by atoms with Crippen molar-refractivity contribution in [3.05, 3.63) is 231 Å². The van der Waals surface area contributed by atoms with Crippen LogP contribution >= 0.6 is 0 Å². The van der Waals surface area contributed by atoms with Gasteiger partial charge in [0, 0.05) is 68.6 Å². The molecule has 0 aliphatic carbocycles. The number of benzene rings is 11. The van der Waals surface area contributed by atoms with Gasteiger partial charge in [-0.2, -0.15) is 0 Å². The van der Waals surface area contributed by atoms with Crippen LogP contribution in [0.15, 0.2) is 231 Å². The fourth-order valence-electron chi connectivity index (χ4n) is 14.6. The molecule has 7 aliphatic heterocycles. The summed E-state index contributed by atoms with van der Waals surface area (Å²) in [7, 11) is -2.15. The molecule has 79 heavy (non-hydrogen) atoms. The van der Waals surface area contributed by atoms with E-state index in [4.69, 9.17) is 18.9 Å². The van der Waals surface area contributed by atoms with E-state index in [1.807, 2.05) is 0 Å². The monoisotopic (exact) mass is 1030 g/mol. The van der Waals surface area contributed by atoms with Crippen LogP contribution in [-0.2, 0) is 0 Å². The highest BCUT2D eigenvalue weighted by Crippen LogP contribution is 2.53. The molecule has 18 rings (SSSR count). The molecule has 7 nitrogen and oxygen atoms in total. The quantitative estimate of drug-likeness (QED) is 0.164. The zero-order valence-electron chi connectivity index (χ0n) is 43.1. The number of para-hydroxylation sites is 8. The van der Waals surface area contributed by atoms with Crippen LogP contribution in [0.25, 0.3) is 0 Å². The van der Waals surface area contributed by atoms with Crippen LogP contribution in [0, 0.1) is 0 Å². The summed E-state index contributed by atoms with van der Waals surface area (Å²) < 4.78 is 29.6. The normalized spacial score (nSPS) is 15.1. The Bertz CT molecular complexity index is 4200. The molecule has 0 spiro atoms. The third-order valence-corrected chi connectivity index (χ3v) is 21.4. The van der Waals surface area contributed by atoms with Crippen molar-refractivity contribution in [3.8, 4) is 46.0 Å². The number of ether oxygens (including phenoxy) is 4. The first-order valence-electron chi connectivity index (χ1n) is 27.3. The van der Waals surface area contributed by atoms with Gasteiger partial charge in [0.15, 0.2) is 0 Å². The largest absolute Gasteiger partial charge is 0.459 e. The Kier molecular flexibility index (Phi) is 8.69. The second-order valence-corrected chi connectivity index (χ2v) is 26.5. The molecule has 0 aromatic heterocycles. The Morgan fingerprint density at radius 1 is 0.278 bits per heavy atom. The molecule has 0 N–H and O–H groups in total. The summed E-state index contributed by atoms with van der Waals surface area (Å²) in [5.41, 5.74) is 19.3. The summed E-state index contributed by atoms with van der Waals surface area (Å²) in [4.78, 5) is 7.48. The van der Waals surface area contributed by atoms with Gasteiger partial charge in [-0.3, -0.25) is 0 Å². The molecule has 11 aromatic rings. The highest BCUT2D eigenvalue weighted by atomic mass is 28.3. The maximum absolute atomic E-state index is 7.61. The number of rotatable bonds is 3. The highest BCUT2D eigenvalue weighted by molar-refractivity contribution is 7.05. The zero-order valence-corrected chi connectivity index (χ0v) is 44.1. The minimum absolute atomic E-state index is 0.145. The van der Waals surface area contributed by atoms with Crippen molar-refractivity contribution >= 4 is 139 Å². The number of anilines is 9. The first-order chi connectivity index (χ1) is 39.0. The molecule has 0 radical (unpaired) electrons. The first-order valence-corrected chi connectivity index (χ1v) is 30.3. The smallest absolute Gasteiger partial charge is 0.261 e. The Labute approximate surface area is 459 Å². The molecule has 0 unspecified atom stereocenters. The van der Waals surface area contributed by atoms with Crippen molar-refractivity contribution in [2.24, 2.45) is 0 Å². The van der Waals surface area contributed by atoms with E-state index in [0.29, 0.717) is 0 Å². The molecule has 11 heteroatoms. The van der Waals surface area contributed by atoms with Gasteiger partial charge in [0.25, 0.3) is 20.1 Å². The molecule has 0 saturated carbocycles. The van der Waals surface area contributed by atoms with Crippen LogP contribution in [0.1, 0.15) is 0 Å². The van der Waals surface area contributed by atoms with Crippen molar-refractivity contribution in [2.75, 3.05) is 14.7 Å². The molecule has 368 valence electrons. The average Bonchev–Trinajstić information content (AvgIpc) is 3.32. The molecule has 0 atom stereocenters. The molecule has 7 aliphatic rings. The topological polar surface area (TPSA) is 46.6 Å². The molecule has 0 amide bonds. The first kappa shape index (κ1) is 43.5. The Balaban J connectivity index is 1.02. The van der Waals surface area contributed by atoms with E-state index in [1.54, 1.807) is 0 Å². The molecule has 0 bridgehead atoms. The van der Waals surface area contributed by atoms with Crippen molar-refractivity contribution in [3.63, 3.8) is 0 Å². The third-order valence-electron chi connectivity index (χ3n) is 17.8. The predicted molar refractivity (Wildman–Crippen MR) is 327 cm³/mol. The molecule has 0 saturated heterocycles. The second-order valence-electron chi connectivity index (χ2n) is 22.2. The van der Waals surface area contributed by atoms with Gasteiger partial charge in [0.2, 0.25) is 0 Å². The van der Waals surface area contributed by atoms with Gasteiger partial charge in [-0.15, -0.1) is 0 Å². The van der Waals surface area contributed by atoms with Crippen LogP contribution in [0.2, 0.25) is 13.1 Å². The lowest BCUT2D eigenvalue weighted by Crippen LogP contribution is -2.66. The zero-order chi connectivity index (χ0) is 51.8. The van der Waals surface area contributed by atoms with E-state index in [2.05, 4.69) is 258 Å². The number of fused-ring (bicyclic) bond motifs is 16. The van der Waals surface area contributed by atoms with Gasteiger partial charge in [-0.05, 0) is 121 Å². The van der Waals surface area contributed by atoms with E-state index >= 15 is 0 Å². The molecular formula is C68H44B3N3O4Si. The molecule has 11 aromatic carbocycles. The van der Waals surface area contributed by atoms with Gasteiger partial charge in [0.05, 0.1) is 5.69 Å². The van der Waals surface area contributed by atoms with Crippen LogP contribution in [0.4, 0.5) is 51.2 Å². The summed E-state index contributed by atoms with van der Waals surface area (Å²) in [6.45, 7) is 4.26. The number of hydrogen-bond donors (Lipinski definition) is 0. The third kappa shape index (κ3) is 5.79. The number of nitrogens with zero attached hydrogens (tertiary/aromatic N) is 3. The van der Waals surface area contributed by atoms with E-state index in [1.165, 1.54) is 21.7 Å². The minimum Gasteiger partial charge on any atom is -0.459 e. The highest BCUT2D eigenvalue weighted by Gasteiger charge is 2.54. The minimum atomic E-state index is -2.15. The maximum Gasteiger partial charge on any atom is 0.261 e. The van der Waals surface area contributed by atoms with Crippen LogP contribution in [0.3, 0.4) is 0 Å². The van der Waals surface area contributed by atoms with E-state index in [0.717, 1.165) is 135 Å². The summed E-state index contributed by atoms with van der Waals surface area (Å²) in [6.07, 6.45) is 0. The van der Waals surface area contributed by atoms with Crippen LogP contribution in [-0.4, -0.2) is 28.2 Å². The van der Waals surface area contributed by atoms with Gasteiger partial charge < -0.3 is 33.6 Å². The van der Waals surface area contributed by atoms with Gasteiger partial charge in [-0.1, -0.05) is 159 Å². The van der Waals surface area contributed by atoms with Crippen molar-refractivity contribution < 1.29 is 18.9 Å². The van der Waals surface area contributed by atoms with Crippen LogP contribution in [0.5, 0.6) is 46.0 Å². The molecule has 7 heterocycles. The van der Waals surface area contributed by atoms with E-state index in [9.17, 15) is 0 Å². The van der Waals surface area contributed by atoms with Crippen LogP contribution < -0.4 is 93.2 Å². The van der Waals surface area contributed by atoms with Crippen molar-refractivity contribution in [1.29, 1.82) is 0 Å². The summed E-state index contributed by atoms with van der Waals surface area (Å²) >= 11 is 0. The van der Waals surface area contributed by atoms with Crippen molar-refractivity contribution in [2.45, 2.75) is 13.1 Å². The maximum atomic E-state index is 7.61. The summed E-state index contributed by atoms with van der Waals surface area (Å²) in [6, 6.07) is 83.5. The second kappa shape index (κ2) is 15.8. The Morgan fingerprint density at radius 2 is 0.620 bits per heavy atom. The standard InChI is InChI=1S/C68H44B3N3O4Si/c1-79(2)60-35-19-13-29-48(60)74(49-30-14-20-36-61(49)79)43-37-50-62-51(38-43)73(42-23-7-4-8-24-42)53-40-59-66-68(78-57-34-18-12-28-47(57)70(66)45-26-10-16-32-55(45)76-59)64(53)71(62)63-52(72(50)41-21-5-3-6-22-41)39-58-65-67(63)77-56-33-17-11-27-46(56)69(65)44-25-9-15-31-54(44)75-58/h3-40H,1-2H3. The average molecular weight is 1030 g/mol. The summed E-state index contributed by atoms with van der Waals surface area (Å²) in [5, 5.41) is 2.80. The van der Waals surface area contributed by atoms with Gasteiger partial charge in [0.1, 0.15) is 54.1 Å².